The number of carbonyl (C=O) groups is 1. The molecule has 2 N–H and O–H groups in total. The van der Waals surface area contributed by atoms with Crippen LogP contribution < -0.4 is 0 Å². The molecule has 0 saturated carbocycles. The molecule has 0 spiro atoms. The van der Waals surface area contributed by atoms with Crippen molar-refractivity contribution in [3.05, 3.63) is 81.0 Å². The number of halogens is 3. The lowest BCUT2D eigenvalue weighted by atomic mass is 10.1. The van der Waals surface area contributed by atoms with E-state index in [-0.39, 0.29) is 16.9 Å². The number of nitrogens with zero attached hydrogens (tertiary/aromatic N) is 1. The van der Waals surface area contributed by atoms with E-state index in [1.807, 2.05) is 11.4 Å². The molecule has 0 saturated heterocycles. The molecule has 1 aromatic carbocycles. The number of benzene rings is 1. The van der Waals surface area contributed by atoms with E-state index in [0.29, 0.717) is 12.2 Å². The summed E-state index contributed by atoms with van der Waals surface area (Å²) in [6.45, 7) is 3.58. The number of aryl methyl sites for hydroxylation is 1. The molecule has 0 aliphatic carbocycles. The van der Waals surface area contributed by atoms with Crippen molar-refractivity contribution in [3.63, 3.8) is 0 Å². The van der Waals surface area contributed by atoms with Gasteiger partial charge in [0.2, 0.25) is 0 Å². The molecule has 0 fully saturated rings. The Morgan fingerprint density at radius 1 is 1.18 bits per heavy atom. The topological polar surface area (TPSA) is 66.0 Å². The molecule has 0 aliphatic heterocycles. The third-order valence-corrected chi connectivity index (χ3v) is 5.00. The number of hydrogen-bond acceptors (Lipinski definition) is 2. The van der Waals surface area contributed by atoms with E-state index in [1.54, 1.807) is 18.3 Å². The summed E-state index contributed by atoms with van der Waals surface area (Å²) in [5, 5.41) is 11.1. The predicted octanol–water partition coefficient (Wildman–Crippen LogP) is 6.15. The lowest BCUT2D eigenvalue weighted by molar-refractivity contribution is -0.137. The number of hydrogen-bond donors (Lipinski definition) is 1. The number of para-hydroxylation sites is 1. The summed E-state index contributed by atoms with van der Waals surface area (Å²) in [5.41, 5.74) is 6.74. The third-order valence-electron chi connectivity index (χ3n) is 4.06. The van der Waals surface area contributed by atoms with Crippen LogP contribution in [-0.2, 0) is 12.6 Å². The Morgan fingerprint density at radius 3 is 2.36 bits per heavy atom. The molecule has 4 nitrogen and oxygen atoms in total. The predicted molar refractivity (Wildman–Crippen MR) is 104 cm³/mol. The molecule has 0 unspecified atom stereocenters. The Kier molecular flexibility index (Phi) is 7.04. The van der Waals surface area contributed by atoms with E-state index < -0.39 is 17.7 Å². The highest BCUT2D eigenvalue weighted by atomic mass is 32.1. The van der Waals surface area contributed by atoms with Crippen molar-refractivity contribution in [1.82, 2.24) is 4.57 Å². The van der Waals surface area contributed by atoms with Gasteiger partial charge in [-0.15, -0.1) is 17.9 Å². The molecule has 0 radical (unpaired) electrons. The van der Waals surface area contributed by atoms with Crippen LogP contribution >= 0.6 is 11.3 Å². The van der Waals surface area contributed by atoms with Crippen LogP contribution in [-0.4, -0.2) is 22.2 Å². The fourth-order valence-electron chi connectivity index (χ4n) is 2.84. The Bertz CT molecular complexity index is 932. The Labute approximate surface area is 165 Å². The van der Waals surface area contributed by atoms with Crippen molar-refractivity contribution in [3.8, 4) is 5.69 Å². The summed E-state index contributed by atoms with van der Waals surface area (Å²) in [7, 11) is 0. The van der Waals surface area contributed by atoms with Crippen molar-refractivity contribution in [1.29, 1.82) is 0 Å². The minimum absolute atomic E-state index is 0.000484. The normalized spacial score (nSPS) is 11.1. The number of nitrogens with one attached hydrogen (secondary N) is 1. The lowest BCUT2D eigenvalue weighted by Crippen LogP contribution is -2.12. The van der Waals surface area contributed by atoms with Crippen molar-refractivity contribution in [2.75, 3.05) is 6.54 Å². The molecule has 8 heteroatoms. The molecule has 0 atom stereocenters. The highest BCUT2D eigenvalue weighted by Crippen LogP contribution is 2.35. The maximum Gasteiger partial charge on any atom is 0.418 e. The summed E-state index contributed by atoms with van der Waals surface area (Å²) in [4.78, 5) is 12.4. The second-order valence-electron chi connectivity index (χ2n) is 6.02. The zero-order chi connectivity index (χ0) is 20.9. The number of thiophene rings is 1. The summed E-state index contributed by atoms with van der Waals surface area (Å²) in [5.74, 6) is -1.16. The van der Waals surface area contributed by atoms with E-state index >= 15 is 0 Å². The number of carboxylic acid groups (broad SMARTS) is 1. The van der Waals surface area contributed by atoms with Gasteiger partial charge in [0.15, 0.2) is 0 Å². The summed E-state index contributed by atoms with van der Waals surface area (Å²) < 4.78 is 40.4. The van der Waals surface area contributed by atoms with Crippen LogP contribution in [0.15, 0.2) is 47.8 Å². The maximum atomic E-state index is 13.0. The smallest absolute Gasteiger partial charge is 0.418 e. The van der Waals surface area contributed by atoms with E-state index in [0.717, 1.165) is 12.5 Å². The van der Waals surface area contributed by atoms with Gasteiger partial charge in [-0.2, -0.15) is 13.2 Å². The van der Waals surface area contributed by atoms with Gasteiger partial charge >= 0.3 is 12.1 Å². The van der Waals surface area contributed by atoms with Crippen molar-refractivity contribution in [2.24, 2.45) is 0 Å². The zero-order valence-electron chi connectivity index (χ0n) is 15.4. The van der Waals surface area contributed by atoms with Crippen LogP contribution in [0.25, 0.3) is 11.4 Å². The minimum atomic E-state index is -4.50. The van der Waals surface area contributed by atoms with E-state index in [1.165, 1.54) is 40.6 Å². The number of aromatic carboxylic acids is 1. The van der Waals surface area contributed by atoms with E-state index in [9.17, 15) is 18.0 Å². The van der Waals surface area contributed by atoms with Crippen LogP contribution in [0, 0.1) is 13.8 Å². The molecule has 3 aromatic rings. The van der Waals surface area contributed by atoms with Crippen LogP contribution in [0.2, 0.25) is 0 Å². The average molecular weight is 409 g/mol. The van der Waals surface area contributed by atoms with Crippen LogP contribution in [0.1, 0.15) is 32.2 Å². The number of rotatable bonds is 4. The molecule has 0 bridgehead atoms. The first-order chi connectivity index (χ1) is 13.2. The molecule has 150 valence electrons. The molecule has 2 aromatic heterocycles. The van der Waals surface area contributed by atoms with Crippen LogP contribution in [0.3, 0.4) is 0 Å². The molecule has 2 heterocycles. The zero-order valence-corrected chi connectivity index (χ0v) is 16.2. The Morgan fingerprint density at radius 2 is 1.86 bits per heavy atom. The molecule has 0 amide bonds. The van der Waals surface area contributed by atoms with Crippen LogP contribution in [0.4, 0.5) is 13.2 Å². The SMILES string of the molecule is Cc1cc(C(=O)O)c(C)n1-c1ccccc1C(F)(F)F.[NH-]CCc1cccs1. The molecule has 28 heavy (non-hydrogen) atoms. The summed E-state index contributed by atoms with van der Waals surface area (Å²) >= 11 is 1.73. The van der Waals surface area contributed by atoms with Gasteiger partial charge in [-0.3, -0.25) is 0 Å². The van der Waals surface area contributed by atoms with E-state index in [4.69, 9.17) is 10.8 Å². The number of carboxylic acids is 1. The first kappa shape index (κ1) is 21.7. The monoisotopic (exact) mass is 409 g/mol. The highest BCUT2D eigenvalue weighted by molar-refractivity contribution is 7.09. The van der Waals surface area contributed by atoms with Gasteiger partial charge in [0, 0.05) is 16.3 Å². The second kappa shape index (κ2) is 9.07. The quantitative estimate of drug-likeness (QED) is 0.561. The van der Waals surface area contributed by atoms with Crippen molar-refractivity contribution >= 4 is 17.3 Å². The summed E-state index contributed by atoms with van der Waals surface area (Å²) in [6, 6.07) is 10.6. The first-order valence-corrected chi connectivity index (χ1v) is 9.30. The van der Waals surface area contributed by atoms with Crippen molar-refractivity contribution in [2.45, 2.75) is 26.4 Å². The van der Waals surface area contributed by atoms with Gasteiger partial charge in [-0.05, 0) is 49.9 Å². The standard InChI is InChI=1S/C14H12F3NO2.C6H8NS/c1-8-7-10(13(19)20)9(2)18(8)12-6-4-3-5-11(12)14(15,16)17;7-4-3-6-2-1-5-8-6/h3-7H,1-2H3,(H,19,20);1-2,5,7H,3-4H2/q;-1. The fourth-order valence-corrected chi connectivity index (χ4v) is 3.55. The fraction of sp³-hybridized carbons (Fsp3) is 0.250. The molecule has 3 rings (SSSR count). The minimum Gasteiger partial charge on any atom is -0.677 e. The lowest BCUT2D eigenvalue weighted by Gasteiger charge is -2.16. The van der Waals surface area contributed by atoms with Gasteiger partial charge in [0.05, 0.1) is 16.8 Å². The third kappa shape index (κ3) is 5.02. The first-order valence-electron chi connectivity index (χ1n) is 8.42. The van der Waals surface area contributed by atoms with Crippen molar-refractivity contribution < 1.29 is 23.1 Å². The van der Waals surface area contributed by atoms with Gasteiger partial charge in [0.1, 0.15) is 0 Å². The van der Waals surface area contributed by atoms with Crippen LogP contribution in [0.5, 0.6) is 0 Å². The summed E-state index contributed by atoms with van der Waals surface area (Å²) in [6.07, 6.45) is -3.58. The Balaban J connectivity index is 0.000000292. The number of aromatic nitrogens is 1. The Hall–Kier alpha value is -2.58. The maximum absolute atomic E-state index is 13.0. The highest BCUT2D eigenvalue weighted by Gasteiger charge is 2.34. The largest absolute Gasteiger partial charge is 0.677 e. The molecular formula is C20H20F3N2O2S-. The van der Waals surface area contributed by atoms with Gasteiger partial charge in [-0.1, -0.05) is 18.2 Å². The van der Waals surface area contributed by atoms with Gasteiger partial charge in [-0.25, -0.2) is 4.79 Å². The second-order valence-corrected chi connectivity index (χ2v) is 7.05. The number of alkyl halides is 3. The molecular weight excluding hydrogens is 389 g/mol. The van der Waals surface area contributed by atoms with Gasteiger partial charge in [0.25, 0.3) is 0 Å². The van der Waals surface area contributed by atoms with Gasteiger partial charge < -0.3 is 15.4 Å². The molecule has 0 aliphatic rings. The van der Waals surface area contributed by atoms with E-state index in [2.05, 4.69) is 6.07 Å². The average Bonchev–Trinajstić information content (AvgIpc) is 3.23.